The maximum Gasteiger partial charge on any atom is 0.243 e. The molecule has 0 spiro atoms. The Morgan fingerprint density at radius 2 is 1.95 bits per heavy atom. The summed E-state index contributed by atoms with van der Waals surface area (Å²) in [6.07, 6.45) is 0.760. The first-order valence-corrected chi connectivity index (χ1v) is 6.90. The van der Waals surface area contributed by atoms with Crippen LogP contribution in [0.3, 0.4) is 0 Å². The molecule has 0 radical (unpaired) electrons. The monoisotopic (exact) mass is 266 g/mol. The SMILES string of the molecule is Cc1ccc(CNC(=O)[C@@H]2Cc3ccccc3N2)cc1. The van der Waals surface area contributed by atoms with Gasteiger partial charge in [-0.2, -0.15) is 0 Å². The highest BCUT2D eigenvalue weighted by Crippen LogP contribution is 2.25. The highest BCUT2D eigenvalue weighted by molar-refractivity contribution is 5.87. The largest absolute Gasteiger partial charge is 0.373 e. The number of para-hydroxylation sites is 1. The number of hydrogen-bond donors (Lipinski definition) is 2. The third-order valence-corrected chi connectivity index (χ3v) is 3.67. The van der Waals surface area contributed by atoms with Gasteiger partial charge in [0.15, 0.2) is 0 Å². The van der Waals surface area contributed by atoms with Crippen LogP contribution in [0.5, 0.6) is 0 Å². The number of aryl methyl sites for hydroxylation is 1. The maximum atomic E-state index is 12.2. The fourth-order valence-corrected chi connectivity index (χ4v) is 2.47. The smallest absolute Gasteiger partial charge is 0.243 e. The molecule has 2 N–H and O–H groups in total. The molecule has 1 heterocycles. The van der Waals surface area contributed by atoms with Gasteiger partial charge in [0.25, 0.3) is 0 Å². The summed E-state index contributed by atoms with van der Waals surface area (Å²) in [7, 11) is 0. The molecule has 0 saturated heterocycles. The first-order valence-electron chi connectivity index (χ1n) is 6.90. The highest BCUT2D eigenvalue weighted by atomic mass is 16.2. The number of anilines is 1. The van der Waals surface area contributed by atoms with Crippen molar-refractivity contribution >= 4 is 11.6 Å². The van der Waals surface area contributed by atoms with E-state index < -0.39 is 0 Å². The van der Waals surface area contributed by atoms with Crippen molar-refractivity contribution in [1.82, 2.24) is 5.32 Å². The van der Waals surface area contributed by atoms with Gasteiger partial charge in [0.05, 0.1) is 0 Å². The molecule has 20 heavy (non-hydrogen) atoms. The fraction of sp³-hybridized carbons (Fsp3) is 0.235. The van der Waals surface area contributed by atoms with Crippen LogP contribution in [0.25, 0.3) is 0 Å². The second-order valence-electron chi connectivity index (χ2n) is 5.26. The van der Waals surface area contributed by atoms with Gasteiger partial charge >= 0.3 is 0 Å². The van der Waals surface area contributed by atoms with Gasteiger partial charge in [-0.1, -0.05) is 48.0 Å². The van der Waals surface area contributed by atoms with Gasteiger partial charge in [0.1, 0.15) is 6.04 Å². The normalized spacial score (nSPS) is 16.4. The summed E-state index contributed by atoms with van der Waals surface area (Å²) >= 11 is 0. The van der Waals surface area contributed by atoms with Crippen molar-refractivity contribution in [1.29, 1.82) is 0 Å². The van der Waals surface area contributed by atoms with Crippen molar-refractivity contribution in [2.45, 2.75) is 25.9 Å². The van der Waals surface area contributed by atoms with E-state index in [4.69, 9.17) is 0 Å². The summed E-state index contributed by atoms with van der Waals surface area (Å²) in [4.78, 5) is 12.2. The molecule has 102 valence electrons. The molecule has 0 fully saturated rings. The Morgan fingerprint density at radius 3 is 2.70 bits per heavy atom. The van der Waals surface area contributed by atoms with Gasteiger partial charge in [-0.3, -0.25) is 4.79 Å². The molecule has 0 aromatic heterocycles. The average Bonchev–Trinajstić information content (AvgIpc) is 2.90. The topological polar surface area (TPSA) is 41.1 Å². The number of fused-ring (bicyclic) bond motifs is 1. The van der Waals surface area contributed by atoms with E-state index in [-0.39, 0.29) is 11.9 Å². The molecule has 1 amide bonds. The van der Waals surface area contributed by atoms with Gasteiger partial charge in [-0.15, -0.1) is 0 Å². The molecule has 0 bridgehead atoms. The van der Waals surface area contributed by atoms with Crippen molar-refractivity contribution in [2.75, 3.05) is 5.32 Å². The molecule has 2 aromatic rings. The lowest BCUT2D eigenvalue weighted by atomic mass is 10.1. The third kappa shape index (κ3) is 2.67. The van der Waals surface area contributed by atoms with E-state index in [1.54, 1.807) is 0 Å². The minimum absolute atomic E-state index is 0.0572. The number of amides is 1. The van der Waals surface area contributed by atoms with Gasteiger partial charge in [-0.05, 0) is 24.1 Å². The van der Waals surface area contributed by atoms with Crippen LogP contribution in [0.15, 0.2) is 48.5 Å². The number of hydrogen-bond acceptors (Lipinski definition) is 2. The third-order valence-electron chi connectivity index (χ3n) is 3.67. The van der Waals surface area contributed by atoms with Crippen LogP contribution in [0.2, 0.25) is 0 Å². The van der Waals surface area contributed by atoms with E-state index in [1.165, 1.54) is 11.1 Å². The van der Waals surface area contributed by atoms with Gasteiger partial charge < -0.3 is 10.6 Å². The fourth-order valence-electron chi connectivity index (χ4n) is 2.47. The number of carbonyl (C=O) groups excluding carboxylic acids is 1. The molecule has 3 rings (SSSR count). The molecule has 1 atom stereocenters. The second-order valence-corrected chi connectivity index (χ2v) is 5.26. The van der Waals surface area contributed by atoms with E-state index in [0.717, 1.165) is 17.7 Å². The maximum absolute atomic E-state index is 12.2. The van der Waals surface area contributed by atoms with Crippen LogP contribution in [-0.4, -0.2) is 11.9 Å². The van der Waals surface area contributed by atoms with E-state index in [2.05, 4.69) is 35.8 Å². The number of carbonyl (C=O) groups is 1. The zero-order valence-corrected chi connectivity index (χ0v) is 11.5. The molecule has 3 heteroatoms. The van der Waals surface area contributed by atoms with Crippen LogP contribution in [-0.2, 0) is 17.8 Å². The van der Waals surface area contributed by atoms with Crippen LogP contribution in [0, 0.1) is 6.92 Å². The lowest BCUT2D eigenvalue weighted by molar-refractivity contribution is -0.121. The average molecular weight is 266 g/mol. The molecule has 0 aliphatic carbocycles. The predicted octanol–water partition coefficient (Wildman–Crippen LogP) is 2.65. The number of benzene rings is 2. The zero-order valence-electron chi connectivity index (χ0n) is 11.5. The lowest BCUT2D eigenvalue weighted by Crippen LogP contribution is -2.38. The van der Waals surface area contributed by atoms with E-state index in [0.29, 0.717) is 6.54 Å². The standard InChI is InChI=1S/C17H18N2O/c1-12-6-8-13(9-7-12)11-18-17(20)16-10-14-4-2-3-5-15(14)19-16/h2-9,16,19H,10-11H2,1H3,(H,18,20)/t16-/m0/s1. The zero-order chi connectivity index (χ0) is 13.9. The molecule has 0 unspecified atom stereocenters. The first-order chi connectivity index (χ1) is 9.72. The summed E-state index contributed by atoms with van der Waals surface area (Å²) in [5, 5.41) is 6.26. The van der Waals surface area contributed by atoms with Crippen LogP contribution >= 0.6 is 0 Å². The molecule has 1 aliphatic rings. The van der Waals surface area contributed by atoms with Crippen LogP contribution in [0.4, 0.5) is 5.69 Å². The predicted molar refractivity (Wildman–Crippen MR) is 80.6 cm³/mol. The lowest BCUT2D eigenvalue weighted by Gasteiger charge is -2.12. The molecule has 2 aromatic carbocycles. The minimum atomic E-state index is -0.155. The van der Waals surface area contributed by atoms with Crippen LogP contribution < -0.4 is 10.6 Å². The molecule has 1 aliphatic heterocycles. The Balaban J connectivity index is 1.57. The number of nitrogens with one attached hydrogen (secondary N) is 2. The van der Waals surface area contributed by atoms with Crippen molar-refractivity contribution in [3.63, 3.8) is 0 Å². The van der Waals surface area contributed by atoms with Crippen molar-refractivity contribution in [3.8, 4) is 0 Å². The van der Waals surface area contributed by atoms with Crippen molar-refractivity contribution < 1.29 is 4.79 Å². The van der Waals surface area contributed by atoms with Crippen LogP contribution in [0.1, 0.15) is 16.7 Å². The van der Waals surface area contributed by atoms with E-state index in [9.17, 15) is 4.79 Å². The Bertz CT molecular complexity index is 594. The molecule has 3 nitrogen and oxygen atoms in total. The van der Waals surface area contributed by atoms with Gasteiger partial charge in [-0.25, -0.2) is 0 Å². The highest BCUT2D eigenvalue weighted by Gasteiger charge is 2.25. The van der Waals surface area contributed by atoms with Gasteiger partial charge in [0, 0.05) is 18.7 Å². The van der Waals surface area contributed by atoms with Crippen molar-refractivity contribution in [2.24, 2.45) is 0 Å². The minimum Gasteiger partial charge on any atom is -0.373 e. The Morgan fingerprint density at radius 1 is 1.20 bits per heavy atom. The summed E-state index contributed by atoms with van der Waals surface area (Å²) < 4.78 is 0. The van der Waals surface area contributed by atoms with E-state index >= 15 is 0 Å². The Hall–Kier alpha value is -2.29. The molecular weight excluding hydrogens is 248 g/mol. The summed E-state index contributed by atoms with van der Waals surface area (Å²) in [5.41, 5.74) is 4.64. The summed E-state index contributed by atoms with van der Waals surface area (Å²) in [6.45, 7) is 2.63. The van der Waals surface area contributed by atoms with Gasteiger partial charge in [0.2, 0.25) is 5.91 Å². The van der Waals surface area contributed by atoms with Crippen molar-refractivity contribution in [3.05, 3.63) is 65.2 Å². The molecular formula is C17H18N2O. The van der Waals surface area contributed by atoms with E-state index in [1.807, 2.05) is 30.3 Å². The Kier molecular flexibility index (Phi) is 3.42. The first kappa shape index (κ1) is 12.7. The second kappa shape index (κ2) is 5.37. The Labute approximate surface area is 119 Å². The summed E-state index contributed by atoms with van der Waals surface area (Å²) in [6, 6.07) is 16.1. The molecule has 0 saturated carbocycles. The quantitative estimate of drug-likeness (QED) is 0.896. The summed E-state index contributed by atoms with van der Waals surface area (Å²) in [5.74, 6) is 0.0572. The number of rotatable bonds is 3.